The number of benzene rings is 1. The molecule has 1 aromatic carbocycles. The quantitative estimate of drug-likeness (QED) is 0.782. The van der Waals surface area contributed by atoms with E-state index in [9.17, 15) is 9.90 Å². The van der Waals surface area contributed by atoms with Crippen LogP contribution in [0.2, 0.25) is 0 Å². The summed E-state index contributed by atoms with van der Waals surface area (Å²) in [7, 11) is 0. The molecule has 3 unspecified atom stereocenters. The van der Waals surface area contributed by atoms with Crippen molar-refractivity contribution < 1.29 is 9.90 Å². The Morgan fingerprint density at radius 3 is 2.64 bits per heavy atom. The van der Waals surface area contributed by atoms with E-state index >= 15 is 0 Å². The molecule has 0 heterocycles. The molecule has 1 aliphatic rings. The Morgan fingerprint density at radius 2 is 2.00 bits per heavy atom. The molecule has 1 saturated carbocycles. The van der Waals surface area contributed by atoms with Crippen molar-refractivity contribution in [1.82, 2.24) is 10.6 Å². The Kier molecular flexibility index (Phi) is 6.25. The molecule has 1 aromatic rings. The topological polar surface area (TPSA) is 61.4 Å². The molecular weight excluding hydrogens is 276 g/mol. The van der Waals surface area contributed by atoms with E-state index in [1.807, 2.05) is 30.3 Å². The summed E-state index contributed by atoms with van der Waals surface area (Å²) in [5.41, 5.74) is 1.13. The second-order valence-corrected chi connectivity index (χ2v) is 6.67. The molecule has 0 radical (unpaired) electrons. The van der Waals surface area contributed by atoms with Gasteiger partial charge in [0.25, 0.3) is 0 Å². The summed E-state index contributed by atoms with van der Waals surface area (Å²) < 4.78 is 0. The number of amides is 2. The highest BCUT2D eigenvalue weighted by Crippen LogP contribution is 2.24. The molecule has 0 bridgehead atoms. The van der Waals surface area contributed by atoms with Crippen molar-refractivity contribution in [3.8, 4) is 0 Å². The first-order valence-electron chi connectivity index (χ1n) is 8.33. The van der Waals surface area contributed by atoms with Gasteiger partial charge in [-0.15, -0.1) is 0 Å². The second-order valence-electron chi connectivity index (χ2n) is 6.67. The average molecular weight is 304 g/mol. The lowest BCUT2D eigenvalue weighted by molar-refractivity contribution is 0.101. The van der Waals surface area contributed by atoms with Crippen LogP contribution < -0.4 is 10.6 Å². The van der Waals surface area contributed by atoms with Crippen LogP contribution in [-0.4, -0.2) is 23.8 Å². The molecule has 1 aliphatic carbocycles. The molecule has 0 aromatic heterocycles. The maximum atomic E-state index is 12.2. The van der Waals surface area contributed by atoms with E-state index in [2.05, 4.69) is 24.5 Å². The molecule has 1 fully saturated rings. The highest BCUT2D eigenvalue weighted by molar-refractivity contribution is 5.74. The minimum atomic E-state index is -0.198. The van der Waals surface area contributed by atoms with E-state index in [0.29, 0.717) is 18.4 Å². The van der Waals surface area contributed by atoms with E-state index in [1.54, 1.807) is 0 Å². The van der Waals surface area contributed by atoms with Gasteiger partial charge in [0.05, 0.1) is 12.1 Å². The van der Waals surface area contributed by atoms with Crippen molar-refractivity contribution in [3.05, 3.63) is 35.9 Å². The SMILES string of the molecule is CC(C)C(NC(=O)NCC1CCCC(O)C1)c1ccccc1. The van der Waals surface area contributed by atoms with E-state index in [1.165, 1.54) is 0 Å². The number of urea groups is 1. The second kappa shape index (κ2) is 8.18. The zero-order valence-electron chi connectivity index (χ0n) is 13.6. The number of hydrogen-bond donors (Lipinski definition) is 3. The number of aliphatic hydroxyl groups excluding tert-OH is 1. The number of nitrogens with one attached hydrogen (secondary N) is 2. The standard InChI is InChI=1S/C18H28N2O2/c1-13(2)17(15-8-4-3-5-9-15)20-18(22)19-12-14-7-6-10-16(21)11-14/h3-5,8-9,13-14,16-17,21H,6-7,10-12H2,1-2H3,(H2,19,20,22). The smallest absolute Gasteiger partial charge is 0.315 e. The fourth-order valence-corrected chi connectivity index (χ4v) is 3.17. The van der Waals surface area contributed by atoms with Gasteiger partial charge in [-0.2, -0.15) is 0 Å². The van der Waals surface area contributed by atoms with Gasteiger partial charge in [-0.05, 0) is 36.7 Å². The minimum Gasteiger partial charge on any atom is -0.393 e. The molecule has 2 rings (SSSR count). The Labute approximate surface area is 133 Å². The molecule has 3 N–H and O–H groups in total. The van der Waals surface area contributed by atoms with Gasteiger partial charge in [-0.1, -0.05) is 50.6 Å². The predicted octanol–water partition coefficient (Wildman–Crippen LogP) is 3.23. The molecule has 4 heteroatoms. The van der Waals surface area contributed by atoms with Gasteiger partial charge in [0.1, 0.15) is 0 Å². The average Bonchev–Trinajstić information content (AvgIpc) is 2.51. The van der Waals surface area contributed by atoms with Gasteiger partial charge in [0, 0.05) is 6.54 Å². The van der Waals surface area contributed by atoms with Crippen LogP contribution in [-0.2, 0) is 0 Å². The molecular formula is C18H28N2O2. The first-order chi connectivity index (χ1) is 10.6. The van der Waals surface area contributed by atoms with Crippen LogP contribution in [0, 0.1) is 11.8 Å². The van der Waals surface area contributed by atoms with Crippen LogP contribution in [0.25, 0.3) is 0 Å². The first-order valence-corrected chi connectivity index (χ1v) is 8.33. The third-order valence-electron chi connectivity index (χ3n) is 4.42. The van der Waals surface area contributed by atoms with Gasteiger partial charge in [0.15, 0.2) is 0 Å². The normalized spacial score (nSPS) is 23.1. The van der Waals surface area contributed by atoms with Gasteiger partial charge < -0.3 is 15.7 Å². The van der Waals surface area contributed by atoms with Crippen LogP contribution in [0.3, 0.4) is 0 Å². The Hall–Kier alpha value is -1.55. The van der Waals surface area contributed by atoms with Crippen LogP contribution in [0.5, 0.6) is 0 Å². The summed E-state index contributed by atoms with van der Waals surface area (Å²) in [6.07, 6.45) is 3.63. The van der Waals surface area contributed by atoms with Gasteiger partial charge in [0.2, 0.25) is 0 Å². The predicted molar refractivity (Wildman–Crippen MR) is 88.5 cm³/mol. The van der Waals surface area contributed by atoms with Gasteiger partial charge >= 0.3 is 6.03 Å². The Bertz CT molecular complexity index is 461. The molecule has 0 saturated heterocycles. The first kappa shape index (κ1) is 16.8. The summed E-state index contributed by atoms with van der Waals surface area (Å²) in [4.78, 5) is 12.2. The third-order valence-corrected chi connectivity index (χ3v) is 4.42. The number of hydrogen-bond acceptors (Lipinski definition) is 2. The van der Waals surface area contributed by atoms with Crippen molar-refractivity contribution in [2.75, 3.05) is 6.54 Å². The summed E-state index contributed by atoms with van der Waals surface area (Å²) in [5.74, 6) is 0.716. The fourth-order valence-electron chi connectivity index (χ4n) is 3.17. The number of carbonyl (C=O) groups excluding carboxylic acids is 1. The van der Waals surface area contributed by atoms with Gasteiger partial charge in [-0.3, -0.25) is 0 Å². The highest BCUT2D eigenvalue weighted by atomic mass is 16.3. The van der Waals surface area contributed by atoms with Crippen LogP contribution in [0.15, 0.2) is 30.3 Å². The summed E-state index contributed by atoms with van der Waals surface area (Å²) in [5, 5.41) is 15.7. The zero-order chi connectivity index (χ0) is 15.9. The minimum absolute atomic E-state index is 0.0122. The third kappa shape index (κ3) is 5.02. The van der Waals surface area contributed by atoms with Crippen LogP contribution in [0.1, 0.15) is 51.1 Å². The van der Waals surface area contributed by atoms with Crippen molar-refractivity contribution in [3.63, 3.8) is 0 Å². The molecule has 122 valence electrons. The highest BCUT2D eigenvalue weighted by Gasteiger charge is 2.22. The number of rotatable bonds is 5. The van der Waals surface area contributed by atoms with E-state index in [-0.39, 0.29) is 18.2 Å². The van der Waals surface area contributed by atoms with Crippen molar-refractivity contribution in [2.24, 2.45) is 11.8 Å². The number of aliphatic hydroxyl groups is 1. The lowest BCUT2D eigenvalue weighted by Crippen LogP contribution is -2.42. The lowest BCUT2D eigenvalue weighted by Gasteiger charge is -2.27. The Morgan fingerprint density at radius 1 is 1.27 bits per heavy atom. The summed E-state index contributed by atoms with van der Waals surface area (Å²) in [6, 6.07) is 9.95. The van der Waals surface area contributed by atoms with E-state index < -0.39 is 0 Å². The maximum Gasteiger partial charge on any atom is 0.315 e. The Balaban J connectivity index is 1.84. The lowest BCUT2D eigenvalue weighted by atomic mass is 9.87. The molecule has 0 spiro atoms. The largest absolute Gasteiger partial charge is 0.393 e. The maximum absolute atomic E-state index is 12.2. The summed E-state index contributed by atoms with van der Waals surface area (Å²) in [6.45, 7) is 4.85. The molecule has 2 amide bonds. The molecule has 22 heavy (non-hydrogen) atoms. The van der Waals surface area contributed by atoms with Gasteiger partial charge in [-0.25, -0.2) is 4.79 Å². The van der Waals surface area contributed by atoms with Crippen molar-refractivity contribution >= 4 is 6.03 Å². The molecule has 3 atom stereocenters. The fraction of sp³-hybridized carbons (Fsp3) is 0.611. The van der Waals surface area contributed by atoms with Crippen LogP contribution in [0.4, 0.5) is 4.79 Å². The molecule has 4 nitrogen and oxygen atoms in total. The number of carbonyl (C=O) groups is 1. The van der Waals surface area contributed by atoms with E-state index in [0.717, 1.165) is 31.2 Å². The van der Waals surface area contributed by atoms with Crippen molar-refractivity contribution in [1.29, 1.82) is 0 Å². The van der Waals surface area contributed by atoms with Crippen molar-refractivity contribution in [2.45, 2.75) is 51.7 Å². The van der Waals surface area contributed by atoms with Crippen LogP contribution >= 0.6 is 0 Å². The summed E-state index contributed by atoms with van der Waals surface area (Å²) >= 11 is 0. The van der Waals surface area contributed by atoms with E-state index in [4.69, 9.17) is 0 Å². The molecule has 0 aliphatic heterocycles. The monoisotopic (exact) mass is 304 g/mol. The zero-order valence-corrected chi connectivity index (χ0v) is 13.6.